The summed E-state index contributed by atoms with van der Waals surface area (Å²) >= 11 is 2.59. The van der Waals surface area contributed by atoms with E-state index in [-0.39, 0.29) is 17.2 Å². The molecule has 0 saturated heterocycles. The number of H-pyrrole nitrogens is 1. The van der Waals surface area contributed by atoms with Gasteiger partial charge in [-0.25, -0.2) is 9.97 Å². The molecule has 2 N–H and O–H groups in total. The van der Waals surface area contributed by atoms with Crippen LogP contribution in [0.1, 0.15) is 5.56 Å². The van der Waals surface area contributed by atoms with E-state index < -0.39 is 0 Å². The van der Waals surface area contributed by atoms with Gasteiger partial charge in [-0.2, -0.15) is 0 Å². The molecule has 3 heterocycles. The van der Waals surface area contributed by atoms with Gasteiger partial charge in [-0.15, -0.1) is 11.3 Å². The highest BCUT2D eigenvalue weighted by atomic mass is 32.2. The molecule has 1 amide bonds. The summed E-state index contributed by atoms with van der Waals surface area (Å²) in [6, 6.07) is 19.5. The lowest BCUT2D eigenvalue weighted by molar-refractivity contribution is -0.113. The zero-order chi connectivity index (χ0) is 22.6. The Balaban J connectivity index is 1.53. The van der Waals surface area contributed by atoms with Crippen molar-refractivity contribution in [2.45, 2.75) is 11.7 Å². The molecule has 33 heavy (non-hydrogen) atoms. The predicted octanol–water partition coefficient (Wildman–Crippen LogP) is 4.63. The minimum atomic E-state index is -0.201. The Hall–Kier alpha value is -3.69. The van der Waals surface area contributed by atoms with Crippen molar-refractivity contribution in [3.63, 3.8) is 0 Å². The lowest BCUT2D eigenvalue weighted by atomic mass is 10.1. The fourth-order valence-electron chi connectivity index (χ4n) is 3.50. The van der Waals surface area contributed by atoms with Crippen molar-refractivity contribution in [3.8, 4) is 11.1 Å². The monoisotopic (exact) mass is 473 g/mol. The highest BCUT2D eigenvalue weighted by Crippen LogP contribution is 2.28. The van der Waals surface area contributed by atoms with E-state index >= 15 is 0 Å². The second-order valence-corrected chi connectivity index (χ2v) is 9.07. The fourth-order valence-corrected chi connectivity index (χ4v) is 4.83. The molecule has 0 atom stereocenters. The van der Waals surface area contributed by atoms with Crippen LogP contribution < -0.4 is 10.9 Å². The van der Waals surface area contributed by atoms with Crippen LogP contribution in [-0.2, 0) is 11.3 Å². The number of nitrogens with zero attached hydrogens (tertiary/aromatic N) is 3. The van der Waals surface area contributed by atoms with Crippen LogP contribution in [0, 0.1) is 0 Å². The molecule has 2 aromatic carbocycles. The van der Waals surface area contributed by atoms with Crippen molar-refractivity contribution < 1.29 is 4.79 Å². The zero-order valence-electron chi connectivity index (χ0n) is 17.4. The van der Waals surface area contributed by atoms with E-state index in [1.165, 1.54) is 23.1 Å². The Morgan fingerprint density at radius 3 is 2.58 bits per heavy atom. The third-order valence-electron chi connectivity index (χ3n) is 5.03. The molecule has 164 valence electrons. The van der Waals surface area contributed by atoms with Crippen LogP contribution in [0.3, 0.4) is 0 Å². The predicted molar refractivity (Wildman–Crippen MR) is 133 cm³/mol. The number of thiazole rings is 1. The molecule has 0 spiro atoms. The van der Waals surface area contributed by atoms with Crippen LogP contribution in [0.15, 0.2) is 88.4 Å². The molecule has 5 rings (SSSR count). The number of rotatable bonds is 7. The van der Waals surface area contributed by atoms with Crippen molar-refractivity contribution in [1.82, 2.24) is 19.5 Å². The van der Waals surface area contributed by atoms with Crippen LogP contribution in [0.25, 0.3) is 22.2 Å². The molecular formula is C24H19N5O2S2. The number of thioether (sulfide) groups is 1. The standard InChI is InChI=1S/C24H19N5O2S2/c30-19(27-23-25-11-12-32-23)15-33-24-28-20-18(17-9-5-2-6-10-17)13-26-21(20)22(31)29(24)14-16-7-3-1-4-8-16/h1-13,26H,14-15H2,(H,25,27,30). The number of nitrogens with one attached hydrogen (secondary N) is 2. The SMILES string of the molecule is O=C(CSc1nc2c(-c3ccccc3)c[nH]c2c(=O)n1Cc1ccccc1)Nc1nccs1. The van der Waals surface area contributed by atoms with Crippen LogP contribution in [0.2, 0.25) is 0 Å². The summed E-state index contributed by atoms with van der Waals surface area (Å²) in [5.74, 6) is -0.0925. The molecule has 0 fully saturated rings. The van der Waals surface area contributed by atoms with E-state index in [1.807, 2.05) is 66.9 Å². The van der Waals surface area contributed by atoms with Gasteiger partial charge in [0.2, 0.25) is 5.91 Å². The van der Waals surface area contributed by atoms with E-state index in [1.54, 1.807) is 16.1 Å². The minimum absolute atomic E-state index is 0.109. The van der Waals surface area contributed by atoms with Gasteiger partial charge in [0.05, 0.1) is 12.3 Å². The third-order valence-corrected chi connectivity index (χ3v) is 6.69. The van der Waals surface area contributed by atoms with Gasteiger partial charge in [-0.3, -0.25) is 14.2 Å². The summed E-state index contributed by atoms with van der Waals surface area (Å²) in [5.41, 5.74) is 3.66. The first-order valence-electron chi connectivity index (χ1n) is 10.2. The average molecular weight is 474 g/mol. The molecule has 0 bridgehead atoms. The number of aromatic amines is 1. The summed E-state index contributed by atoms with van der Waals surface area (Å²) in [6.45, 7) is 0.360. The van der Waals surface area contributed by atoms with Crippen LogP contribution in [-0.4, -0.2) is 31.2 Å². The number of fused-ring (bicyclic) bond motifs is 1. The van der Waals surface area contributed by atoms with Crippen LogP contribution >= 0.6 is 23.1 Å². The highest BCUT2D eigenvalue weighted by molar-refractivity contribution is 7.99. The molecular weight excluding hydrogens is 454 g/mol. The molecule has 9 heteroatoms. The van der Waals surface area contributed by atoms with Gasteiger partial charge in [-0.05, 0) is 11.1 Å². The molecule has 0 aliphatic carbocycles. The summed E-state index contributed by atoms with van der Waals surface area (Å²) in [5, 5.41) is 5.60. The van der Waals surface area contributed by atoms with Crippen molar-refractivity contribution in [3.05, 3.63) is 94.4 Å². The number of amides is 1. The maximum Gasteiger partial charge on any atom is 0.278 e. The van der Waals surface area contributed by atoms with Gasteiger partial charge in [0, 0.05) is 23.3 Å². The number of benzene rings is 2. The molecule has 0 radical (unpaired) electrons. The van der Waals surface area contributed by atoms with Crippen molar-refractivity contribution in [2.24, 2.45) is 0 Å². The summed E-state index contributed by atoms with van der Waals surface area (Å²) in [4.78, 5) is 38.0. The van der Waals surface area contributed by atoms with Gasteiger partial charge >= 0.3 is 0 Å². The Labute approximate surface area is 197 Å². The third kappa shape index (κ3) is 4.59. The number of hydrogen-bond donors (Lipinski definition) is 2. The molecule has 0 saturated carbocycles. The molecule has 0 aliphatic rings. The number of aromatic nitrogens is 4. The number of carbonyl (C=O) groups is 1. The average Bonchev–Trinajstić information content (AvgIpc) is 3.51. The second kappa shape index (κ2) is 9.43. The maximum absolute atomic E-state index is 13.5. The first-order chi connectivity index (χ1) is 16.2. The number of anilines is 1. The number of hydrogen-bond acceptors (Lipinski definition) is 6. The van der Waals surface area contributed by atoms with Crippen molar-refractivity contribution in [2.75, 3.05) is 11.1 Å². The van der Waals surface area contributed by atoms with Crippen molar-refractivity contribution in [1.29, 1.82) is 0 Å². The molecule has 3 aromatic heterocycles. The van der Waals surface area contributed by atoms with E-state index in [9.17, 15) is 9.59 Å². The van der Waals surface area contributed by atoms with Gasteiger partial charge in [0.25, 0.3) is 5.56 Å². The summed E-state index contributed by atoms with van der Waals surface area (Å²) < 4.78 is 1.62. The Kier molecular flexibility index (Phi) is 6.05. The van der Waals surface area contributed by atoms with Gasteiger partial charge in [-0.1, -0.05) is 72.4 Å². The minimum Gasteiger partial charge on any atom is -0.355 e. The smallest absolute Gasteiger partial charge is 0.278 e. The van der Waals surface area contributed by atoms with E-state index in [4.69, 9.17) is 4.98 Å². The molecule has 0 aliphatic heterocycles. The van der Waals surface area contributed by atoms with Crippen molar-refractivity contribution >= 4 is 45.2 Å². The molecule has 7 nitrogen and oxygen atoms in total. The molecule has 5 aromatic rings. The quantitative estimate of drug-likeness (QED) is 0.266. The second-order valence-electron chi connectivity index (χ2n) is 7.24. The first kappa shape index (κ1) is 21.2. The van der Waals surface area contributed by atoms with Crippen LogP contribution in [0.4, 0.5) is 5.13 Å². The van der Waals surface area contributed by atoms with E-state index in [2.05, 4.69) is 15.3 Å². The van der Waals surface area contributed by atoms with E-state index in [0.717, 1.165) is 16.7 Å². The highest BCUT2D eigenvalue weighted by Gasteiger charge is 2.18. The summed E-state index contributed by atoms with van der Waals surface area (Å²) in [7, 11) is 0. The Morgan fingerprint density at radius 2 is 1.85 bits per heavy atom. The van der Waals surface area contributed by atoms with E-state index in [0.29, 0.717) is 27.9 Å². The number of carbonyl (C=O) groups excluding carboxylic acids is 1. The zero-order valence-corrected chi connectivity index (χ0v) is 19.0. The lowest BCUT2D eigenvalue weighted by Crippen LogP contribution is -2.25. The maximum atomic E-state index is 13.5. The summed E-state index contributed by atoms with van der Waals surface area (Å²) in [6.07, 6.45) is 3.45. The topological polar surface area (TPSA) is 92.7 Å². The Bertz CT molecular complexity index is 1450. The molecule has 0 unspecified atom stereocenters. The van der Waals surface area contributed by atoms with Crippen LogP contribution in [0.5, 0.6) is 0 Å². The van der Waals surface area contributed by atoms with Gasteiger partial charge in [0.1, 0.15) is 11.0 Å². The fraction of sp³-hybridized carbons (Fsp3) is 0.0833. The normalized spacial score (nSPS) is 11.0. The lowest BCUT2D eigenvalue weighted by Gasteiger charge is -2.12. The van der Waals surface area contributed by atoms with Gasteiger partial charge in [0.15, 0.2) is 10.3 Å². The largest absolute Gasteiger partial charge is 0.355 e. The first-order valence-corrected chi connectivity index (χ1v) is 12.1. The van der Waals surface area contributed by atoms with Gasteiger partial charge < -0.3 is 10.3 Å². The Morgan fingerprint density at radius 1 is 1.09 bits per heavy atom.